The van der Waals surface area contributed by atoms with E-state index >= 15 is 0 Å². The number of carbonyl (C=O) groups excluding carboxylic acids is 2. The molecule has 0 aliphatic carbocycles. The smallest absolute Gasteiger partial charge is 0.339 e. The molecule has 0 radical (unpaired) electrons. The summed E-state index contributed by atoms with van der Waals surface area (Å²) < 4.78 is 11.3. The zero-order chi connectivity index (χ0) is 19.5. The summed E-state index contributed by atoms with van der Waals surface area (Å²) in [6.07, 6.45) is 1.40. The largest absolute Gasteiger partial charge is 0.456 e. The van der Waals surface area contributed by atoms with Gasteiger partial charge in [0.25, 0.3) is 0 Å². The van der Waals surface area contributed by atoms with Gasteiger partial charge in [-0.1, -0.05) is 38.1 Å². The van der Waals surface area contributed by atoms with Gasteiger partial charge in [0.05, 0.1) is 11.0 Å². The van der Waals surface area contributed by atoms with E-state index in [1.807, 2.05) is 65.8 Å². The van der Waals surface area contributed by atoms with Crippen molar-refractivity contribution in [2.75, 3.05) is 0 Å². The van der Waals surface area contributed by atoms with Crippen molar-refractivity contribution in [2.45, 2.75) is 60.0 Å². The highest BCUT2D eigenvalue weighted by molar-refractivity contribution is 6.07. The highest BCUT2D eigenvalue weighted by Crippen LogP contribution is 2.32. The van der Waals surface area contributed by atoms with Gasteiger partial charge in [0.1, 0.15) is 11.4 Å². The summed E-state index contributed by atoms with van der Waals surface area (Å²) in [6.45, 7) is 11.4. The van der Waals surface area contributed by atoms with E-state index < -0.39 is 11.0 Å². The van der Waals surface area contributed by atoms with Gasteiger partial charge in [-0.3, -0.25) is 4.79 Å². The van der Waals surface area contributed by atoms with Crippen LogP contribution in [0.5, 0.6) is 5.75 Å². The third-order valence-electron chi connectivity index (χ3n) is 4.96. The van der Waals surface area contributed by atoms with Crippen LogP contribution in [0.2, 0.25) is 0 Å². The van der Waals surface area contributed by atoms with E-state index in [9.17, 15) is 9.59 Å². The molecule has 0 fully saturated rings. The van der Waals surface area contributed by atoms with Crippen LogP contribution in [0.25, 0.3) is 10.8 Å². The monoisotopic (exact) mass is 356 g/mol. The Morgan fingerprint density at radius 3 is 2.08 bits per heavy atom. The van der Waals surface area contributed by atoms with Crippen molar-refractivity contribution < 1.29 is 19.1 Å². The average Bonchev–Trinajstić information content (AvgIpc) is 2.61. The Labute approximate surface area is 155 Å². The summed E-state index contributed by atoms with van der Waals surface area (Å²) in [5, 5.41) is 1.43. The highest BCUT2D eigenvalue weighted by Gasteiger charge is 2.29. The van der Waals surface area contributed by atoms with Crippen molar-refractivity contribution in [3.05, 3.63) is 42.0 Å². The minimum Gasteiger partial charge on any atom is -0.456 e. The number of rotatable bonds is 6. The molecule has 0 N–H and O–H groups in total. The molecule has 0 unspecified atom stereocenters. The van der Waals surface area contributed by atoms with Crippen molar-refractivity contribution in [3.8, 4) is 5.75 Å². The van der Waals surface area contributed by atoms with E-state index in [4.69, 9.17) is 9.47 Å². The van der Waals surface area contributed by atoms with Crippen LogP contribution in [0.15, 0.2) is 36.4 Å². The van der Waals surface area contributed by atoms with Gasteiger partial charge in [-0.25, -0.2) is 4.79 Å². The van der Waals surface area contributed by atoms with Gasteiger partial charge in [-0.15, -0.1) is 0 Å². The normalized spacial score (nSPS) is 12.1. The third-order valence-corrected chi connectivity index (χ3v) is 4.96. The quantitative estimate of drug-likeness (QED) is 0.504. The molecule has 0 saturated heterocycles. The summed E-state index contributed by atoms with van der Waals surface area (Å²) in [4.78, 5) is 25.1. The van der Waals surface area contributed by atoms with Crippen molar-refractivity contribution in [1.29, 1.82) is 0 Å². The van der Waals surface area contributed by atoms with E-state index in [0.29, 0.717) is 23.1 Å². The molecule has 0 saturated carbocycles. The molecule has 2 aromatic rings. The van der Waals surface area contributed by atoms with E-state index in [2.05, 4.69) is 0 Å². The van der Waals surface area contributed by atoms with E-state index in [1.165, 1.54) is 0 Å². The van der Waals surface area contributed by atoms with Gasteiger partial charge in [0.15, 0.2) is 0 Å². The first-order valence-electron chi connectivity index (χ1n) is 9.08. The van der Waals surface area contributed by atoms with Gasteiger partial charge >= 0.3 is 11.9 Å². The predicted octanol–water partition coefficient (Wildman–Crippen LogP) is 5.53. The van der Waals surface area contributed by atoms with Gasteiger partial charge in [0.2, 0.25) is 0 Å². The molecule has 2 aromatic carbocycles. The van der Waals surface area contributed by atoms with Crippen molar-refractivity contribution in [1.82, 2.24) is 0 Å². The Bertz CT molecular complexity index is 818. The van der Waals surface area contributed by atoms with Crippen molar-refractivity contribution in [3.63, 3.8) is 0 Å². The maximum atomic E-state index is 12.6. The summed E-state index contributed by atoms with van der Waals surface area (Å²) in [5.74, 6) is -0.203. The first-order valence-corrected chi connectivity index (χ1v) is 9.08. The van der Waals surface area contributed by atoms with E-state index in [0.717, 1.165) is 11.8 Å². The van der Waals surface area contributed by atoms with Gasteiger partial charge < -0.3 is 9.47 Å². The number of fused-ring (bicyclic) bond motifs is 1. The predicted molar refractivity (Wildman–Crippen MR) is 103 cm³/mol. The summed E-state index contributed by atoms with van der Waals surface area (Å²) in [6, 6.07) is 10.7. The Morgan fingerprint density at radius 2 is 1.50 bits per heavy atom. The summed E-state index contributed by atoms with van der Waals surface area (Å²) in [7, 11) is 0. The number of carbonyl (C=O) groups is 2. The Hall–Kier alpha value is -2.36. The molecular weight excluding hydrogens is 328 g/mol. The number of hydrogen-bond acceptors (Lipinski definition) is 4. The minimum absolute atomic E-state index is 0.285. The lowest BCUT2D eigenvalue weighted by Crippen LogP contribution is -2.28. The molecule has 4 heteroatoms. The molecular formula is C22H28O4. The van der Waals surface area contributed by atoms with Gasteiger partial charge in [-0.2, -0.15) is 0 Å². The van der Waals surface area contributed by atoms with Crippen molar-refractivity contribution in [2.24, 2.45) is 5.41 Å². The van der Waals surface area contributed by atoms with Gasteiger partial charge in [0, 0.05) is 5.39 Å². The van der Waals surface area contributed by atoms with Gasteiger partial charge in [-0.05, 0) is 58.1 Å². The molecule has 0 bridgehead atoms. The molecule has 2 rings (SSSR count). The molecule has 0 heterocycles. The zero-order valence-electron chi connectivity index (χ0n) is 16.5. The molecule has 0 spiro atoms. The first kappa shape index (κ1) is 20.0. The van der Waals surface area contributed by atoms with Crippen LogP contribution < -0.4 is 4.74 Å². The molecule has 140 valence electrons. The van der Waals surface area contributed by atoms with Crippen molar-refractivity contribution >= 4 is 22.7 Å². The molecule has 4 nitrogen and oxygen atoms in total. The van der Waals surface area contributed by atoms with Crippen LogP contribution in [-0.4, -0.2) is 17.5 Å². The fourth-order valence-corrected chi connectivity index (χ4v) is 2.30. The van der Waals surface area contributed by atoms with Crippen LogP contribution in [-0.2, 0) is 9.53 Å². The maximum absolute atomic E-state index is 12.6. The Kier molecular flexibility index (Phi) is 5.74. The first-order chi connectivity index (χ1) is 12.1. The number of ether oxygens (including phenoxy) is 2. The second-order valence-electron chi connectivity index (χ2n) is 7.79. The lowest BCUT2D eigenvalue weighted by Gasteiger charge is -2.24. The fourth-order valence-electron chi connectivity index (χ4n) is 2.30. The van der Waals surface area contributed by atoms with E-state index in [-0.39, 0.29) is 11.9 Å². The second-order valence-corrected chi connectivity index (χ2v) is 7.79. The third kappa shape index (κ3) is 4.24. The average molecular weight is 356 g/mol. The number of hydrogen-bond donors (Lipinski definition) is 0. The minimum atomic E-state index is -0.566. The Balaban J connectivity index is 2.43. The number of esters is 2. The summed E-state index contributed by atoms with van der Waals surface area (Å²) >= 11 is 0. The van der Waals surface area contributed by atoms with E-state index in [1.54, 1.807) is 12.1 Å². The van der Waals surface area contributed by atoms with Crippen LogP contribution in [0.1, 0.15) is 64.7 Å². The van der Waals surface area contributed by atoms with Crippen LogP contribution in [0.4, 0.5) is 0 Å². The molecule has 26 heavy (non-hydrogen) atoms. The molecule has 0 atom stereocenters. The highest BCUT2D eigenvalue weighted by atomic mass is 16.6. The molecule has 0 amide bonds. The maximum Gasteiger partial charge on any atom is 0.339 e. The molecule has 0 aliphatic rings. The lowest BCUT2D eigenvalue weighted by atomic mass is 9.90. The molecule has 0 aromatic heterocycles. The lowest BCUT2D eigenvalue weighted by molar-refractivity contribution is -0.144. The topological polar surface area (TPSA) is 52.6 Å². The number of benzene rings is 2. The SMILES string of the molecule is CCC(C)(C)OC(=O)c1ccc(OC(=O)C(C)(C)CC)c2ccccc12. The molecule has 0 aliphatic heterocycles. The van der Waals surface area contributed by atoms with Crippen LogP contribution in [0, 0.1) is 5.41 Å². The zero-order valence-corrected chi connectivity index (χ0v) is 16.5. The Morgan fingerprint density at radius 1 is 0.885 bits per heavy atom. The standard InChI is InChI=1S/C22H28O4/c1-7-21(3,4)20(24)25-18-14-13-17(15-11-9-10-12-16(15)18)19(23)26-22(5,6)8-2/h9-14H,7-8H2,1-6H3. The van der Waals surface area contributed by atoms with Crippen LogP contribution >= 0.6 is 0 Å². The van der Waals surface area contributed by atoms with Crippen LogP contribution in [0.3, 0.4) is 0 Å². The second kappa shape index (κ2) is 7.48. The fraction of sp³-hybridized carbons (Fsp3) is 0.455. The summed E-state index contributed by atoms with van der Waals surface area (Å²) in [5.41, 5.74) is -0.630.